The molecule has 134 valence electrons. The summed E-state index contributed by atoms with van der Waals surface area (Å²) in [5.74, 6) is -0.162. The highest BCUT2D eigenvalue weighted by Gasteiger charge is 2.17. The summed E-state index contributed by atoms with van der Waals surface area (Å²) in [5.41, 5.74) is 5.16. The molecule has 1 amide bonds. The van der Waals surface area contributed by atoms with Crippen molar-refractivity contribution in [3.8, 4) is 0 Å². The summed E-state index contributed by atoms with van der Waals surface area (Å²) in [5, 5.41) is 12.8. The summed E-state index contributed by atoms with van der Waals surface area (Å²) < 4.78 is 2.14. The minimum absolute atomic E-state index is 0.162. The largest absolute Gasteiger partial charge is 0.389 e. The Hall–Kier alpha value is -2.85. The first-order chi connectivity index (χ1) is 12.5. The van der Waals surface area contributed by atoms with Gasteiger partial charge in [-0.15, -0.1) is 0 Å². The van der Waals surface area contributed by atoms with Crippen molar-refractivity contribution in [2.75, 3.05) is 5.32 Å². The molecule has 4 heteroatoms. The highest BCUT2D eigenvalue weighted by atomic mass is 16.3. The second-order valence-corrected chi connectivity index (χ2v) is 6.57. The van der Waals surface area contributed by atoms with Crippen molar-refractivity contribution in [2.45, 2.75) is 33.4 Å². The number of amides is 1. The van der Waals surface area contributed by atoms with E-state index in [0.29, 0.717) is 16.8 Å². The van der Waals surface area contributed by atoms with Gasteiger partial charge in [-0.05, 0) is 38.5 Å². The molecule has 3 aromatic rings. The maximum atomic E-state index is 12.8. The van der Waals surface area contributed by atoms with Crippen molar-refractivity contribution in [1.82, 2.24) is 4.57 Å². The summed E-state index contributed by atoms with van der Waals surface area (Å²) in [4.78, 5) is 12.8. The van der Waals surface area contributed by atoms with Crippen LogP contribution in [0.2, 0.25) is 0 Å². The highest BCUT2D eigenvalue weighted by molar-refractivity contribution is 6.05. The SMILES string of the molecule is Cc1cc(C(=O)Nc2ccccc2C(C)O)c(C)n1Cc1ccccc1. The van der Waals surface area contributed by atoms with E-state index in [4.69, 9.17) is 0 Å². The molecule has 1 unspecified atom stereocenters. The second kappa shape index (κ2) is 7.58. The van der Waals surface area contributed by atoms with Gasteiger partial charge in [-0.3, -0.25) is 4.79 Å². The van der Waals surface area contributed by atoms with Crippen molar-refractivity contribution in [2.24, 2.45) is 0 Å². The fraction of sp³-hybridized carbons (Fsp3) is 0.227. The van der Waals surface area contributed by atoms with Crippen LogP contribution in [0.5, 0.6) is 0 Å². The number of hydrogen-bond acceptors (Lipinski definition) is 2. The Balaban J connectivity index is 1.86. The van der Waals surface area contributed by atoms with Crippen LogP contribution in [-0.2, 0) is 6.54 Å². The number of aliphatic hydroxyl groups excluding tert-OH is 1. The molecule has 1 aromatic heterocycles. The smallest absolute Gasteiger partial charge is 0.257 e. The van der Waals surface area contributed by atoms with Crippen molar-refractivity contribution < 1.29 is 9.90 Å². The van der Waals surface area contributed by atoms with Crippen LogP contribution in [0, 0.1) is 13.8 Å². The maximum absolute atomic E-state index is 12.8. The van der Waals surface area contributed by atoms with Crippen molar-refractivity contribution in [3.05, 3.63) is 88.7 Å². The molecule has 2 aromatic carbocycles. The van der Waals surface area contributed by atoms with Gasteiger partial charge in [0, 0.05) is 29.2 Å². The van der Waals surface area contributed by atoms with E-state index in [1.165, 1.54) is 5.56 Å². The lowest BCUT2D eigenvalue weighted by molar-refractivity contribution is 0.102. The zero-order valence-corrected chi connectivity index (χ0v) is 15.4. The number of benzene rings is 2. The minimum atomic E-state index is -0.642. The quantitative estimate of drug-likeness (QED) is 0.715. The molecule has 0 radical (unpaired) electrons. The molecule has 0 bridgehead atoms. The molecule has 3 rings (SSSR count). The Labute approximate surface area is 154 Å². The summed E-state index contributed by atoms with van der Waals surface area (Å²) in [6.07, 6.45) is -0.642. The van der Waals surface area contributed by atoms with Gasteiger partial charge >= 0.3 is 0 Å². The highest BCUT2D eigenvalue weighted by Crippen LogP contribution is 2.24. The predicted molar refractivity (Wildman–Crippen MR) is 104 cm³/mol. The topological polar surface area (TPSA) is 54.3 Å². The van der Waals surface area contributed by atoms with Gasteiger partial charge in [-0.2, -0.15) is 0 Å². The summed E-state index contributed by atoms with van der Waals surface area (Å²) >= 11 is 0. The fourth-order valence-electron chi connectivity index (χ4n) is 3.21. The molecule has 0 aliphatic heterocycles. The van der Waals surface area contributed by atoms with Gasteiger partial charge in [0.25, 0.3) is 5.91 Å². The van der Waals surface area contributed by atoms with Crippen molar-refractivity contribution >= 4 is 11.6 Å². The van der Waals surface area contributed by atoms with E-state index in [0.717, 1.165) is 17.9 Å². The van der Waals surface area contributed by atoms with E-state index in [2.05, 4.69) is 22.0 Å². The van der Waals surface area contributed by atoms with Crippen LogP contribution in [-0.4, -0.2) is 15.6 Å². The van der Waals surface area contributed by atoms with Gasteiger partial charge < -0.3 is 15.0 Å². The monoisotopic (exact) mass is 348 g/mol. The number of para-hydroxylation sites is 1. The zero-order valence-electron chi connectivity index (χ0n) is 15.4. The van der Waals surface area contributed by atoms with E-state index >= 15 is 0 Å². The van der Waals surface area contributed by atoms with Crippen LogP contribution in [0.15, 0.2) is 60.7 Å². The first-order valence-corrected chi connectivity index (χ1v) is 8.76. The molecular weight excluding hydrogens is 324 g/mol. The Bertz CT molecular complexity index is 911. The first-order valence-electron chi connectivity index (χ1n) is 8.76. The number of hydrogen-bond donors (Lipinski definition) is 2. The third-order valence-corrected chi connectivity index (χ3v) is 4.66. The molecule has 0 fully saturated rings. The maximum Gasteiger partial charge on any atom is 0.257 e. The Morgan fingerprint density at radius 2 is 1.73 bits per heavy atom. The predicted octanol–water partition coefficient (Wildman–Crippen LogP) is 4.46. The number of carbonyl (C=O) groups is 1. The van der Waals surface area contributed by atoms with Crippen LogP contribution in [0.4, 0.5) is 5.69 Å². The Kier molecular flexibility index (Phi) is 5.24. The summed E-state index contributed by atoms with van der Waals surface area (Å²) in [7, 11) is 0. The molecular formula is C22H24N2O2. The second-order valence-electron chi connectivity index (χ2n) is 6.57. The molecule has 0 spiro atoms. The van der Waals surface area contributed by atoms with E-state index in [1.807, 2.05) is 62.4 Å². The Morgan fingerprint density at radius 1 is 1.08 bits per heavy atom. The zero-order chi connectivity index (χ0) is 18.7. The molecule has 26 heavy (non-hydrogen) atoms. The number of rotatable bonds is 5. The lowest BCUT2D eigenvalue weighted by Crippen LogP contribution is -2.15. The molecule has 2 N–H and O–H groups in total. The molecule has 0 saturated carbocycles. The average molecular weight is 348 g/mol. The fourth-order valence-corrected chi connectivity index (χ4v) is 3.21. The molecule has 4 nitrogen and oxygen atoms in total. The molecule has 0 saturated heterocycles. The molecule has 1 atom stereocenters. The average Bonchev–Trinajstić information content (AvgIpc) is 2.91. The van der Waals surface area contributed by atoms with Gasteiger partial charge in [0.15, 0.2) is 0 Å². The van der Waals surface area contributed by atoms with Crippen LogP contribution in [0.25, 0.3) is 0 Å². The molecule has 1 heterocycles. The number of aromatic nitrogens is 1. The number of nitrogens with one attached hydrogen (secondary N) is 1. The van der Waals surface area contributed by atoms with Crippen LogP contribution < -0.4 is 5.32 Å². The van der Waals surface area contributed by atoms with E-state index in [1.54, 1.807) is 6.92 Å². The van der Waals surface area contributed by atoms with Crippen molar-refractivity contribution in [1.29, 1.82) is 0 Å². The third-order valence-electron chi connectivity index (χ3n) is 4.66. The third kappa shape index (κ3) is 3.70. The van der Waals surface area contributed by atoms with E-state index in [9.17, 15) is 9.90 Å². The molecule has 0 aliphatic carbocycles. The number of carbonyl (C=O) groups excluding carboxylic acids is 1. The van der Waals surface area contributed by atoms with Gasteiger partial charge in [0.05, 0.1) is 11.7 Å². The van der Waals surface area contributed by atoms with Gasteiger partial charge in [-0.25, -0.2) is 0 Å². The van der Waals surface area contributed by atoms with Gasteiger partial charge in [-0.1, -0.05) is 48.5 Å². The van der Waals surface area contributed by atoms with E-state index in [-0.39, 0.29) is 5.91 Å². The van der Waals surface area contributed by atoms with E-state index < -0.39 is 6.10 Å². The number of nitrogens with zero attached hydrogens (tertiary/aromatic N) is 1. The standard InChI is InChI=1S/C22H24N2O2/c1-15-13-20(16(2)24(15)14-18-9-5-4-6-10-18)22(26)23-21-12-8-7-11-19(21)17(3)25/h4-13,17,25H,14H2,1-3H3,(H,23,26). The number of anilines is 1. The lowest BCUT2D eigenvalue weighted by atomic mass is 10.1. The van der Waals surface area contributed by atoms with Crippen LogP contribution >= 0.6 is 0 Å². The van der Waals surface area contributed by atoms with Crippen LogP contribution in [0.3, 0.4) is 0 Å². The lowest BCUT2D eigenvalue weighted by Gasteiger charge is -2.13. The van der Waals surface area contributed by atoms with Gasteiger partial charge in [0.1, 0.15) is 0 Å². The number of aliphatic hydroxyl groups is 1. The summed E-state index contributed by atoms with van der Waals surface area (Å²) in [6.45, 7) is 6.40. The molecule has 0 aliphatic rings. The summed E-state index contributed by atoms with van der Waals surface area (Å²) in [6, 6.07) is 19.4. The van der Waals surface area contributed by atoms with Gasteiger partial charge in [0.2, 0.25) is 0 Å². The van der Waals surface area contributed by atoms with Crippen molar-refractivity contribution in [3.63, 3.8) is 0 Å². The van der Waals surface area contributed by atoms with Crippen LogP contribution in [0.1, 0.15) is 45.9 Å². The number of aryl methyl sites for hydroxylation is 1. The Morgan fingerprint density at radius 3 is 2.42 bits per heavy atom. The first kappa shape index (κ1) is 18.0. The minimum Gasteiger partial charge on any atom is -0.389 e. The normalized spacial score (nSPS) is 12.0.